The van der Waals surface area contributed by atoms with E-state index in [9.17, 15) is 4.79 Å². The number of thiophene rings is 1. The highest BCUT2D eigenvalue weighted by molar-refractivity contribution is 7.99. The van der Waals surface area contributed by atoms with Crippen LogP contribution in [0.1, 0.15) is 0 Å². The smallest absolute Gasteiger partial charge is 0.234 e. The monoisotopic (exact) mass is 488 g/mol. The van der Waals surface area contributed by atoms with Crippen LogP contribution in [0, 0.1) is 0 Å². The average molecular weight is 489 g/mol. The SMILES string of the molecule is COc1ccccc1-n1c(SCC(=O)Nc2ccccc2)nnc1-c1sc2ncccc2c1N. The molecule has 0 saturated carbocycles. The zero-order valence-corrected chi connectivity index (χ0v) is 19.8. The summed E-state index contributed by atoms with van der Waals surface area (Å²) >= 11 is 2.74. The molecule has 0 fully saturated rings. The van der Waals surface area contributed by atoms with Gasteiger partial charge in [0.15, 0.2) is 11.0 Å². The maximum absolute atomic E-state index is 12.6. The fourth-order valence-corrected chi connectivity index (χ4v) is 5.29. The Balaban J connectivity index is 1.54. The molecule has 0 aliphatic heterocycles. The van der Waals surface area contributed by atoms with Gasteiger partial charge in [0.1, 0.15) is 10.6 Å². The van der Waals surface area contributed by atoms with Crippen molar-refractivity contribution in [1.82, 2.24) is 19.7 Å². The number of ether oxygens (including phenoxy) is 1. The van der Waals surface area contributed by atoms with Gasteiger partial charge in [-0.2, -0.15) is 0 Å². The maximum Gasteiger partial charge on any atom is 0.234 e. The van der Waals surface area contributed by atoms with Gasteiger partial charge in [-0.3, -0.25) is 9.36 Å². The lowest BCUT2D eigenvalue weighted by atomic mass is 10.2. The third-order valence-electron chi connectivity index (χ3n) is 5.06. The summed E-state index contributed by atoms with van der Waals surface area (Å²) in [4.78, 5) is 18.6. The van der Waals surface area contributed by atoms with Gasteiger partial charge >= 0.3 is 0 Å². The van der Waals surface area contributed by atoms with Crippen LogP contribution in [-0.4, -0.2) is 38.5 Å². The summed E-state index contributed by atoms with van der Waals surface area (Å²) in [5, 5.41) is 13.2. The number of methoxy groups -OCH3 is 1. The Morgan fingerprint density at radius 1 is 1.09 bits per heavy atom. The molecule has 0 unspecified atom stereocenters. The molecule has 0 bridgehead atoms. The quantitative estimate of drug-likeness (QED) is 0.315. The summed E-state index contributed by atoms with van der Waals surface area (Å²) in [5.74, 6) is 1.23. The van der Waals surface area contributed by atoms with Crippen molar-refractivity contribution in [2.45, 2.75) is 5.16 Å². The third-order valence-corrected chi connectivity index (χ3v) is 7.11. The summed E-state index contributed by atoms with van der Waals surface area (Å²) in [6, 6.07) is 20.7. The van der Waals surface area contributed by atoms with Crippen molar-refractivity contribution >= 4 is 50.6 Å². The van der Waals surface area contributed by atoms with Crippen LogP contribution in [0.15, 0.2) is 78.1 Å². The van der Waals surface area contributed by atoms with Gasteiger partial charge in [-0.15, -0.1) is 21.5 Å². The average Bonchev–Trinajstić information content (AvgIpc) is 3.44. The molecule has 170 valence electrons. The van der Waals surface area contributed by atoms with Crippen molar-refractivity contribution in [2.24, 2.45) is 0 Å². The van der Waals surface area contributed by atoms with E-state index in [0.717, 1.165) is 26.5 Å². The molecular weight excluding hydrogens is 468 g/mol. The molecule has 0 atom stereocenters. The molecule has 0 radical (unpaired) electrons. The number of anilines is 2. The van der Waals surface area contributed by atoms with Crippen LogP contribution in [0.4, 0.5) is 11.4 Å². The number of nitrogens with one attached hydrogen (secondary N) is 1. The van der Waals surface area contributed by atoms with Gasteiger partial charge < -0.3 is 15.8 Å². The van der Waals surface area contributed by atoms with Crippen LogP contribution < -0.4 is 15.8 Å². The van der Waals surface area contributed by atoms with Gasteiger partial charge in [0.2, 0.25) is 5.91 Å². The number of carbonyl (C=O) groups excluding carboxylic acids is 1. The van der Waals surface area contributed by atoms with Crippen LogP contribution in [0.3, 0.4) is 0 Å². The standard InChI is InChI=1S/C24H20N6O2S2/c1-32-18-12-6-5-11-17(18)30-22(21-20(25)16-10-7-13-26-23(16)34-21)28-29-24(30)33-14-19(31)27-15-8-3-2-4-9-15/h2-13H,14,25H2,1H3,(H,27,31). The molecule has 3 aromatic heterocycles. The lowest BCUT2D eigenvalue weighted by Crippen LogP contribution is -2.14. The summed E-state index contributed by atoms with van der Waals surface area (Å²) in [7, 11) is 1.61. The number of para-hydroxylation sites is 3. The Bertz CT molecular complexity index is 1470. The fourth-order valence-electron chi connectivity index (χ4n) is 3.51. The zero-order valence-electron chi connectivity index (χ0n) is 18.1. The predicted molar refractivity (Wildman–Crippen MR) is 137 cm³/mol. The van der Waals surface area contributed by atoms with Crippen LogP contribution >= 0.6 is 23.1 Å². The number of pyridine rings is 1. The normalized spacial score (nSPS) is 11.0. The fraction of sp³-hybridized carbons (Fsp3) is 0.0833. The predicted octanol–water partition coefficient (Wildman–Crippen LogP) is 4.87. The Kier molecular flexibility index (Phi) is 6.15. The molecule has 5 rings (SSSR count). The van der Waals surface area contributed by atoms with E-state index < -0.39 is 0 Å². The number of nitrogens with two attached hydrogens (primary N) is 1. The Morgan fingerprint density at radius 3 is 2.68 bits per heavy atom. The summed E-state index contributed by atoms with van der Waals surface area (Å²) < 4.78 is 7.48. The van der Waals surface area contributed by atoms with E-state index in [1.807, 2.05) is 71.3 Å². The molecule has 0 saturated heterocycles. The first-order valence-corrected chi connectivity index (χ1v) is 12.2. The molecule has 8 nitrogen and oxygen atoms in total. The van der Waals surface area contributed by atoms with Crippen molar-refractivity contribution < 1.29 is 9.53 Å². The number of hydrogen-bond donors (Lipinski definition) is 2. The molecule has 3 heterocycles. The maximum atomic E-state index is 12.6. The number of hydrogen-bond acceptors (Lipinski definition) is 8. The number of nitrogens with zero attached hydrogens (tertiary/aromatic N) is 4. The lowest BCUT2D eigenvalue weighted by Gasteiger charge is -2.13. The van der Waals surface area contributed by atoms with E-state index in [2.05, 4.69) is 20.5 Å². The van der Waals surface area contributed by atoms with E-state index in [1.54, 1.807) is 13.3 Å². The van der Waals surface area contributed by atoms with Crippen molar-refractivity contribution in [3.8, 4) is 22.1 Å². The van der Waals surface area contributed by atoms with Crippen LogP contribution in [0.25, 0.3) is 26.6 Å². The van der Waals surface area contributed by atoms with Gasteiger partial charge in [0.25, 0.3) is 0 Å². The van der Waals surface area contributed by atoms with Gasteiger partial charge in [-0.05, 0) is 36.4 Å². The molecule has 0 aliphatic rings. The molecule has 34 heavy (non-hydrogen) atoms. The Labute approximate surface area is 203 Å². The topological polar surface area (TPSA) is 108 Å². The number of benzene rings is 2. The summed E-state index contributed by atoms with van der Waals surface area (Å²) in [6.07, 6.45) is 1.74. The van der Waals surface area contributed by atoms with Crippen LogP contribution in [0.2, 0.25) is 0 Å². The first-order valence-electron chi connectivity index (χ1n) is 10.4. The van der Waals surface area contributed by atoms with Gasteiger partial charge in [0, 0.05) is 17.3 Å². The second-order valence-corrected chi connectivity index (χ2v) is 9.16. The van der Waals surface area contributed by atoms with E-state index in [1.165, 1.54) is 23.1 Å². The number of thioether (sulfide) groups is 1. The molecule has 3 N–H and O–H groups in total. The summed E-state index contributed by atoms with van der Waals surface area (Å²) in [5.41, 5.74) is 8.58. The highest BCUT2D eigenvalue weighted by Gasteiger charge is 2.23. The summed E-state index contributed by atoms with van der Waals surface area (Å²) in [6.45, 7) is 0. The highest BCUT2D eigenvalue weighted by atomic mass is 32.2. The highest BCUT2D eigenvalue weighted by Crippen LogP contribution is 2.41. The second-order valence-electron chi connectivity index (χ2n) is 7.22. The number of rotatable bonds is 7. The first-order chi connectivity index (χ1) is 16.7. The second kappa shape index (κ2) is 9.54. The van der Waals surface area contributed by atoms with E-state index in [-0.39, 0.29) is 11.7 Å². The largest absolute Gasteiger partial charge is 0.495 e. The zero-order chi connectivity index (χ0) is 23.5. The number of amides is 1. The van der Waals surface area contributed by atoms with E-state index in [4.69, 9.17) is 10.5 Å². The Morgan fingerprint density at radius 2 is 1.88 bits per heavy atom. The van der Waals surface area contributed by atoms with Gasteiger partial charge in [-0.1, -0.05) is 42.1 Å². The number of fused-ring (bicyclic) bond motifs is 1. The van der Waals surface area contributed by atoms with Gasteiger partial charge in [0.05, 0.1) is 29.1 Å². The Hall–Kier alpha value is -3.89. The molecule has 0 aliphatic carbocycles. The van der Waals surface area contributed by atoms with E-state index in [0.29, 0.717) is 22.4 Å². The molecule has 10 heteroatoms. The van der Waals surface area contributed by atoms with Crippen LogP contribution in [0.5, 0.6) is 5.75 Å². The minimum Gasteiger partial charge on any atom is -0.495 e. The molecular formula is C24H20N6O2S2. The minimum absolute atomic E-state index is 0.141. The molecule has 1 amide bonds. The van der Waals surface area contributed by atoms with Crippen molar-refractivity contribution in [1.29, 1.82) is 0 Å². The van der Waals surface area contributed by atoms with Crippen molar-refractivity contribution in [3.63, 3.8) is 0 Å². The third kappa shape index (κ3) is 4.20. The number of aromatic nitrogens is 4. The van der Waals surface area contributed by atoms with Crippen molar-refractivity contribution in [2.75, 3.05) is 23.9 Å². The first kappa shape index (κ1) is 21.9. The lowest BCUT2D eigenvalue weighted by molar-refractivity contribution is -0.113. The van der Waals surface area contributed by atoms with E-state index >= 15 is 0 Å². The molecule has 5 aromatic rings. The molecule has 0 spiro atoms. The van der Waals surface area contributed by atoms with Crippen LogP contribution in [-0.2, 0) is 4.79 Å². The van der Waals surface area contributed by atoms with Gasteiger partial charge in [-0.25, -0.2) is 4.98 Å². The molecule has 2 aromatic carbocycles. The van der Waals surface area contributed by atoms with Crippen molar-refractivity contribution in [3.05, 3.63) is 72.9 Å². The number of nitrogen functional groups attached to an aromatic ring is 1. The number of carbonyl (C=O) groups is 1. The minimum atomic E-state index is -0.141.